The van der Waals surface area contributed by atoms with E-state index in [1.165, 1.54) is 0 Å². The summed E-state index contributed by atoms with van der Waals surface area (Å²) in [6.45, 7) is 7.55. The van der Waals surface area contributed by atoms with Crippen LogP contribution in [-0.2, 0) is 4.79 Å². The van der Waals surface area contributed by atoms with Crippen LogP contribution in [-0.4, -0.2) is 72.7 Å². The molecular weight excluding hydrogens is 316 g/mol. The van der Waals surface area contributed by atoms with Crippen molar-refractivity contribution in [2.75, 3.05) is 50.8 Å². The van der Waals surface area contributed by atoms with Gasteiger partial charge in [0.05, 0.1) is 19.2 Å². The Bertz CT molecular complexity index is 577. The minimum Gasteiger partial charge on any atom is -0.395 e. The zero-order valence-corrected chi connectivity index (χ0v) is 15.1. The van der Waals surface area contributed by atoms with Gasteiger partial charge in [-0.2, -0.15) is 5.26 Å². The zero-order valence-electron chi connectivity index (χ0n) is 15.1. The molecule has 0 radical (unpaired) electrons. The summed E-state index contributed by atoms with van der Waals surface area (Å²) >= 11 is 0. The smallest absolute Gasteiger partial charge is 0.242 e. The summed E-state index contributed by atoms with van der Waals surface area (Å²) in [5.74, 6) is 0.348. The highest BCUT2D eigenvalue weighted by Gasteiger charge is 2.28. The Hall–Kier alpha value is -2.10. The molecule has 1 aromatic carbocycles. The molecule has 0 saturated carbocycles. The van der Waals surface area contributed by atoms with Gasteiger partial charge in [-0.05, 0) is 18.1 Å². The number of hydrogen-bond acceptors (Lipinski definition) is 5. The lowest BCUT2D eigenvalue weighted by Gasteiger charge is -2.39. The van der Waals surface area contributed by atoms with E-state index in [0.717, 1.165) is 18.8 Å². The van der Waals surface area contributed by atoms with Gasteiger partial charge in [-0.1, -0.05) is 32.0 Å². The predicted molar refractivity (Wildman–Crippen MR) is 98.1 cm³/mol. The van der Waals surface area contributed by atoms with Crippen molar-refractivity contribution < 1.29 is 9.90 Å². The number of carbonyl (C=O) groups is 1. The Balaban J connectivity index is 1.92. The average molecular weight is 344 g/mol. The van der Waals surface area contributed by atoms with Gasteiger partial charge >= 0.3 is 0 Å². The number of aliphatic hydroxyl groups excluding tert-OH is 1. The molecule has 0 bridgehead atoms. The molecule has 1 fully saturated rings. The van der Waals surface area contributed by atoms with Gasteiger partial charge in [0, 0.05) is 38.4 Å². The van der Waals surface area contributed by atoms with Gasteiger partial charge in [-0.15, -0.1) is 0 Å². The van der Waals surface area contributed by atoms with E-state index in [9.17, 15) is 15.2 Å². The molecule has 0 aromatic heterocycles. The fourth-order valence-corrected chi connectivity index (χ4v) is 3.22. The van der Waals surface area contributed by atoms with Crippen LogP contribution in [0.25, 0.3) is 0 Å². The number of anilines is 1. The Labute approximate surface area is 150 Å². The topological polar surface area (TPSA) is 70.8 Å². The van der Waals surface area contributed by atoms with E-state index in [2.05, 4.69) is 24.8 Å². The zero-order chi connectivity index (χ0) is 18.2. The van der Waals surface area contributed by atoms with Gasteiger partial charge in [-0.25, -0.2) is 0 Å². The first-order valence-electron chi connectivity index (χ1n) is 8.89. The fraction of sp³-hybridized carbons (Fsp3) is 0.579. The van der Waals surface area contributed by atoms with Crippen molar-refractivity contribution in [1.29, 1.82) is 5.26 Å². The SMILES string of the molecule is CC(C)C(C#N)N1CCN(C(=O)CN(CCO)c2ccccc2)CC1. The first-order chi connectivity index (χ1) is 12.1. The Morgan fingerprint density at radius 3 is 2.40 bits per heavy atom. The maximum Gasteiger partial charge on any atom is 0.242 e. The minimum atomic E-state index is -0.0903. The van der Waals surface area contributed by atoms with E-state index in [-0.39, 0.29) is 31.0 Å². The molecule has 1 heterocycles. The van der Waals surface area contributed by atoms with Gasteiger partial charge in [0.1, 0.15) is 6.04 Å². The van der Waals surface area contributed by atoms with Gasteiger partial charge < -0.3 is 14.9 Å². The molecule has 1 unspecified atom stereocenters. The molecule has 1 amide bonds. The Kier molecular flexibility index (Phi) is 7.23. The molecule has 6 nitrogen and oxygen atoms in total. The van der Waals surface area contributed by atoms with Crippen molar-refractivity contribution in [2.24, 2.45) is 5.92 Å². The summed E-state index contributed by atoms with van der Waals surface area (Å²) in [6, 6.07) is 12.0. The highest BCUT2D eigenvalue weighted by molar-refractivity contribution is 5.81. The number of aliphatic hydroxyl groups is 1. The van der Waals surface area contributed by atoms with Gasteiger partial charge in [0.25, 0.3) is 0 Å². The van der Waals surface area contributed by atoms with Crippen molar-refractivity contribution in [3.8, 4) is 6.07 Å². The molecule has 1 aliphatic rings. The summed E-state index contributed by atoms with van der Waals surface area (Å²) in [6.07, 6.45) is 0. The normalized spacial score (nSPS) is 16.5. The molecule has 1 N–H and O–H groups in total. The maximum atomic E-state index is 12.7. The number of hydrogen-bond donors (Lipinski definition) is 1. The number of nitriles is 1. The van der Waals surface area contributed by atoms with Gasteiger partial charge in [-0.3, -0.25) is 9.69 Å². The van der Waals surface area contributed by atoms with Crippen LogP contribution in [0.15, 0.2) is 30.3 Å². The lowest BCUT2D eigenvalue weighted by molar-refractivity contribution is -0.131. The average Bonchev–Trinajstić information content (AvgIpc) is 2.63. The first-order valence-corrected chi connectivity index (χ1v) is 8.89. The molecule has 0 spiro atoms. The predicted octanol–water partition coefficient (Wildman–Crippen LogP) is 1.18. The number of rotatable bonds is 7. The highest BCUT2D eigenvalue weighted by atomic mass is 16.3. The number of para-hydroxylation sites is 1. The molecule has 1 atom stereocenters. The second-order valence-corrected chi connectivity index (χ2v) is 6.72. The van der Waals surface area contributed by atoms with Crippen molar-refractivity contribution in [1.82, 2.24) is 9.80 Å². The van der Waals surface area contributed by atoms with E-state index in [1.807, 2.05) is 40.1 Å². The van der Waals surface area contributed by atoms with E-state index < -0.39 is 0 Å². The van der Waals surface area contributed by atoms with Crippen LogP contribution in [0.4, 0.5) is 5.69 Å². The molecule has 6 heteroatoms. The standard InChI is InChI=1S/C19H28N4O2/c1-16(2)18(14-20)21-8-10-22(11-9-21)19(25)15-23(12-13-24)17-6-4-3-5-7-17/h3-7,16,18,24H,8-13,15H2,1-2H3. The number of carbonyl (C=O) groups excluding carboxylic acids is 1. The molecule has 0 aliphatic carbocycles. The van der Waals surface area contributed by atoms with Crippen LogP contribution >= 0.6 is 0 Å². The van der Waals surface area contributed by atoms with E-state index >= 15 is 0 Å². The molecular formula is C19H28N4O2. The van der Waals surface area contributed by atoms with Crippen LogP contribution in [0, 0.1) is 17.2 Å². The number of piperazine rings is 1. The second kappa shape index (κ2) is 9.40. The fourth-order valence-electron chi connectivity index (χ4n) is 3.22. The maximum absolute atomic E-state index is 12.7. The minimum absolute atomic E-state index is 0.00812. The van der Waals surface area contributed by atoms with E-state index in [1.54, 1.807) is 0 Å². The second-order valence-electron chi connectivity index (χ2n) is 6.72. The third kappa shape index (κ3) is 5.18. The van der Waals surface area contributed by atoms with Gasteiger partial charge in [0.15, 0.2) is 0 Å². The van der Waals surface area contributed by atoms with Crippen molar-refractivity contribution >= 4 is 11.6 Å². The lowest BCUT2D eigenvalue weighted by Crippen LogP contribution is -2.54. The summed E-state index contributed by atoms with van der Waals surface area (Å²) in [5, 5.41) is 18.6. The van der Waals surface area contributed by atoms with Gasteiger partial charge in [0.2, 0.25) is 5.91 Å². The molecule has 2 rings (SSSR count). The molecule has 25 heavy (non-hydrogen) atoms. The molecule has 1 saturated heterocycles. The van der Waals surface area contributed by atoms with E-state index in [4.69, 9.17) is 0 Å². The summed E-state index contributed by atoms with van der Waals surface area (Å²) in [7, 11) is 0. The highest BCUT2D eigenvalue weighted by Crippen LogP contribution is 2.15. The van der Waals surface area contributed by atoms with Crippen LogP contribution in [0.3, 0.4) is 0 Å². The van der Waals surface area contributed by atoms with Crippen molar-refractivity contribution in [3.05, 3.63) is 30.3 Å². The third-order valence-electron chi connectivity index (χ3n) is 4.64. The number of nitrogens with zero attached hydrogens (tertiary/aromatic N) is 4. The summed E-state index contributed by atoms with van der Waals surface area (Å²) in [5.41, 5.74) is 0.938. The van der Waals surface area contributed by atoms with Crippen LogP contribution < -0.4 is 4.90 Å². The molecule has 1 aliphatic heterocycles. The third-order valence-corrected chi connectivity index (χ3v) is 4.64. The Morgan fingerprint density at radius 1 is 1.24 bits per heavy atom. The van der Waals surface area contributed by atoms with Crippen molar-refractivity contribution in [3.63, 3.8) is 0 Å². The number of benzene rings is 1. The molecule has 1 aromatic rings. The van der Waals surface area contributed by atoms with Crippen LogP contribution in [0.5, 0.6) is 0 Å². The summed E-state index contributed by atoms with van der Waals surface area (Å²) < 4.78 is 0. The summed E-state index contributed by atoms with van der Waals surface area (Å²) in [4.78, 5) is 18.6. The van der Waals surface area contributed by atoms with Crippen molar-refractivity contribution in [2.45, 2.75) is 19.9 Å². The largest absolute Gasteiger partial charge is 0.395 e. The first kappa shape index (κ1) is 19.2. The number of amides is 1. The van der Waals surface area contributed by atoms with Crippen LogP contribution in [0.1, 0.15) is 13.8 Å². The lowest BCUT2D eigenvalue weighted by atomic mass is 10.0. The monoisotopic (exact) mass is 344 g/mol. The van der Waals surface area contributed by atoms with E-state index in [0.29, 0.717) is 19.6 Å². The molecule has 136 valence electrons. The Morgan fingerprint density at radius 2 is 1.88 bits per heavy atom. The quantitative estimate of drug-likeness (QED) is 0.804. The van der Waals surface area contributed by atoms with Crippen LogP contribution in [0.2, 0.25) is 0 Å².